The summed E-state index contributed by atoms with van der Waals surface area (Å²) in [6.45, 7) is 0.711. The van der Waals surface area contributed by atoms with E-state index in [2.05, 4.69) is 11.0 Å². The van der Waals surface area contributed by atoms with E-state index in [9.17, 15) is 0 Å². The van der Waals surface area contributed by atoms with Crippen LogP contribution in [0.25, 0.3) is 0 Å². The summed E-state index contributed by atoms with van der Waals surface area (Å²) in [5, 5.41) is 17.7. The number of ether oxygens (including phenoxy) is 1. The van der Waals surface area contributed by atoms with Crippen molar-refractivity contribution in [3.63, 3.8) is 0 Å². The molecule has 4 heteroatoms. The molecule has 0 fully saturated rings. The number of likely N-dealkylation sites (N-methyl/N-ethyl adjacent to an activating group) is 1. The van der Waals surface area contributed by atoms with Gasteiger partial charge in [0, 0.05) is 19.7 Å². The van der Waals surface area contributed by atoms with E-state index >= 15 is 0 Å². The maximum atomic E-state index is 8.94. The third kappa shape index (κ3) is 1.82. The van der Waals surface area contributed by atoms with Gasteiger partial charge in [0.15, 0.2) is 0 Å². The highest BCUT2D eigenvalue weighted by Gasteiger charge is 2.24. The smallest absolute Gasteiger partial charge is 0.144 e. The molecule has 0 saturated heterocycles. The number of fused-ring (bicyclic) bond motifs is 1. The van der Waals surface area contributed by atoms with Crippen molar-refractivity contribution in [3.8, 4) is 11.8 Å². The van der Waals surface area contributed by atoms with E-state index < -0.39 is 0 Å². The molecule has 1 atom stereocenters. The monoisotopic (exact) mass is 218 g/mol. The summed E-state index contributed by atoms with van der Waals surface area (Å²) in [5.74, 6) is 0.746. The fourth-order valence-corrected chi connectivity index (χ4v) is 1.91. The van der Waals surface area contributed by atoms with Gasteiger partial charge in [-0.1, -0.05) is 0 Å². The van der Waals surface area contributed by atoms with Gasteiger partial charge in [0.1, 0.15) is 12.4 Å². The van der Waals surface area contributed by atoms with Gasteiger partial charge in [-0.05, 0) is 18.6 Å². The molecule has 0 spiro atoms. The Morgan fingerprint density at radius 2 is 2.44 bits per heavy atom. The highest BCUT2D eigenvalue weighted by atomic mass is 16.5. The highest BCUT2D eigenvalue weighted by Crippen LogP contribution is 2.34. The van der Waals surface area contributed by atoms with Crippen LogP contribution in [0.3, 0.4) is 0 Å². The van der Waals surface area contributed by atoms with Crippen LogP contribution in [0.15, 0.2) is 18.2 Å². The number of rotatable bonds is 2. The zero-order valence-corrected chi connectivity index (χ0v) is 9.18. The largest absolute Gasteiger partial charge is 0.489 e. The zero-order valence-electron chi connectivity index (χ0n) is 9.18. The minimum atomic E-state index is 0.157. The van der Waals surface area contributed by atoms with Gasteiger partial charge >= 0.3 is 0 Å². The number of nitrogens with zero attached hydrogens (tertiary/aromatic N) is 2. The van der Waals surface area contributed by atoms with Gasteiger partial charge in [0.25, 0.3) is 0 Å². The molecule has 16 heavy (non-hydrogen) atoms. The van der Waals surface area contributed by atoms with Crippen LogP contribution in [0.2, 0.25) is 0 Å². The van der Waals surface area contributed by atoms with Gasteiger partial charge < -0.3 is 14.7 Å². The first-order valence-electron chi connectivity index (χ1n) is 5.27. The van der Waals surface area contributed by atoms with Crippen molar-refractivity contribution in [3.05, 3.63) is 23.8 Å². The fourth-order valence-electron chi connectivity index (χ4n) is 1.91. The molecular weight excluding hydrogens is 204 g/mol. The predicted octanol–water partition coefficient (Wildman–Crippen LogP) is 1.14. The van der Waals surface area contributed by atoms with Crippen molar-refractivity contribution >= 4 is 5.69 Å². The lowest BCUT2D eigenvalue weighted by atomic mass is 10.1. The average molecular weight is 218 g/mol. The number of hydrogen-bond acceptors (Lipinski definition) is 4. The van der Waals surface area contributed by atoms with Gasteiger partial charge in [0.2, 0.25) is 0 Å². The van der Waals surface area contributed by atoms with E-state index in [0.717, 1.165) is 11.4 Å². The maximum absolute atomic E-state index is 8.94. The Balaban J connectivity index is 2.29. The molecule has 0 aromatic heterocycles. The van der Waals surface area contributed by atoms with Gasteiger partial charge in [-0.2, -0.15) is 5.26 Å². The number of benzene rings is 1. The third-order valence-corrected chi connectivity index (χ3v) is 2.91. The molecule has 0 radical (unpaired) electrons. The van der Waals surface area contributed by atoms with Crippen LogP contribution in [0.1, 0.15) is 12.0 Å². The van der Waals surface area contributed by atoms with Crippen LogP contribution in [0.4, 0.5) is 5.69 Å². The Labute approximate surface area is 94.7 Å². The molecule has 1 aliphatic heterocycles. The molecule has 1 N–H and O–H groups in total. The lowest BCUT2D eigenvalue weighted by Crippen LogP contribution is -2.40. The van der Waals surface area contributed by atoms with Crippen molar-refractivity contribution in [1.82, 2.24) is 0 Å². The molecule has 1 aliphatic rings. The van der Waals surface area contributed by atoms with Crippen LogP contribution in [0.5, 0.6) is 5.75 Å². The highest BCUT2D eigenvalue weighted by molar-refractivity contribution is 5.62. The number of nitriles is 1. The molecule has 1 aromatic carbocycles. The minimum absolute atomic E-state index is 0.157. The van der Waals surface area contributed by atoms with Crippen molar-refractivity contribution in [2.24, 2.45) is 0 Å². The van der Waals surface area contributed by atoms with Crippen LogP contribution >= 0.6 is 0 Å². The average Bonchev–Trinajstić information content (AvgIpc) is 2.32. The van der Waals surface area contributed by atoms with E-state index in [0.29, 0.717) is 18.6 Å². The Hall–Kier alpha value is -1.73. The summed E-state index contributed by atoms with van der Waals surface area (Å²) in [4.78, 5) is 2.09. The minimum Gasteiger partial charge on any atom is -0.489 e. The molecule has 1 heterocycles. The molecule has 0 saturated carbocycles. The van der Waals surface area contributed by atoms with Crippen molar-refractivity contribution in [1.29, 1.82) is 5.26 Å². The van der Waals surface area contributed by atoms with Crippen LogP contribution in [-0.2, 0) is 0 Å². The second-order valence-electron chi connectivity index (χ2n) is 3.88. The lowest BCUT2D eigenvalue weighted by Gasteiger charge is -2.35. The lowest BCUT2D eigenvalue weighted by molar-refractivity contribution is 0.219. The predicted molar refractivity (Wildman–Crippen MR) is 60.5 cm³/mol. The Morgan fingerprint density at radius 1 is 1.62 bits per heavy atom. The Kier molecular flexibility index (Phi) is 2.97. The van der Waals surface area contributed by atoms with Crippen LogP contribution in [-0.4, -0.2) is 31.4 Å². The third-order valence-electron chi connectivity index (χ3n) is 2.91. The Morgan fingerprint density at radius 3 is 3.12 bits per heavy atom. The van der Waals surface area contributed by atoms with Crippen molar-refractivity contribution in [2.75, 3.05) is 25.2 Å². The summed E-state index contributed by atoms with van der Waals surface area (Å²) >= 11 is 0. The summed E-state index contributed by atoms with van der Waals surface area (Å²) in [7, 11) is 1.98. The Bertz CT molecular complexity index is 426. The zero-order chi connectivity index (χ0) is 11.5. The second kappa shape index (κ2) is 4.42. The van der Waals surface area contributed by atoms with Gasteiger partial charge in [0.05, 0.1) is 23.4 Å². The molecule has 0 aliphatic carbocycles. The van der Waals surface area contributed by atoms with E-state index in [4.69, 9.17) is 15.1 Å². The van der Waals surface area contributed by atoms with Crippen LogP contribution < -0.4 is 9.64 Å². The van der Waals surface area contributed by atoms with Gasteiger partial charge in [-0.25, -0.2) is 0 Å². The molecule has 0 bridgehead atoms. The molecule has 0 amide bonds. The van der Waals surface area contributed by atoms with E-state index in [1.165, 1.54) is 0 Å². The molecule has 4 nitrogen and oxygen atoms in total. The SMILES string of the molecule is CN1c2ccc(C#N)cc2OCC1CCO. The number of anilines is 1. The van der Waals surface area contributed by atoms with Crippen molar-refractivity contribution < 1.29 is 9.84 Å². The topological polar surface area (TPSA) is 56.5 Å². The number of hydrogen-bond donors (Lipinski definition) is 1. The normalized spacial score (nSPS) is 18.6. The molecule has 2 rings (SSSR count). The quantitative estimate of drug-likeness (QED) is 0.808. The molecule has 1 aromatic rings. The van der Waals surface area contributed by atoms with Gasteiger partial charge in [-0.3, -0.25) is 0 Å². The first kappa shape index (κ1) is 10.8. The number of aliphatic hydroxyl groups is 1. The summed E-state index contributed by atoms with van der Waals surface area (Å²) in [5.41, 5.74) is 1.58. The first-order valence-corrected chi connectivity index (χ1v) is 5.27. The summed E-state index contributed by atoms with van der Waals surface area (Å²) in [6.07, 6.45) is 0.690. The summed E-state index contributed by atoms with van der Waals surface area (Å²) in [6, 6.07) is 7.70. The van der Waals surface area contributed by atoms with Crippen LogP contribution in [0, 0.1) is 11.3 Å². The van der Waals surface area contributed by atoms with Crippen molar-refractivity contribution in [2.45, 2.75) is 12.5 Å². The summed E-state index contributed by atoms with van der Waals surface area (Å²) < 4.78 is 5.60. The van der Waals surface area contributed by atoms with E-state index in [1.54, 1.807) is 12.1 Å². The van der Waals surface area contributed by atoms with Gasteiger partial charge in [-0.15, -0.1) is 0 Å². The van der Waals surface area contributed by atoms with E-state index in [-0.39, 0.29) is 12.6 Å². The first-order chi connectivity index (χ1) is 7.76. The maximum Gasteiger partial charge on any atom is 0.144 e. The molecule has 84 valence electrons. The number of aliphatic hydroxyl groups excluding tert-OH is 1. The van der Waals surface area contributed by atoms with E-state index in [1.807, 2.05) is 13.1 Å². The molecular formula is C12H14N2O2. The fraction of sp³-hybridized carbons (Fsp3) is 0.417. The second-order valence-corrected chi connectivity index (χ2v) is 3.88. The standard InChI is InChI=1S/C12H14N2O2/c1-14-10(4-5-15)8-16-12-6-9(7-13)2-3-11(12)14/h2-3,6,10,15H,4-5,8H2,1H3. The molecule has 1 unspecified atom stereocenters.